The number of alkyl halides is 2. The number of Topliss-reactive ketones (excluding diaryl/α,β-unsaturated/α-hetero) is 1. The van der Waals surface area contributed by atoms with Crippen molar-refractivity contribution in [2.24, 2.45) is 0 Å². The summed E-state index contributed by atoms with van der Waals surface area (Å²) in [6, 6.07) is 14.2. The summed E-state index contributed by atoms with van der Waals surface area (Å²) in [5.74, 6) is -0.967. The van der Waals surface area contributed by atoms with Gasteiger partial charge in [-0.05, 0) is 78.9 Å². The van der Waals surface area contributed by atoms with E-state index in [9.17, 15) is 18.4 Å². The summed E-state index contributed by atoms with van der Waals surface area (Å²) in [7, 11) is 0. The van der Waals surface area contributed by atoms with Crippen LogP contribution in [-0.4, -0.2) is 49.7 Å². The summed E-state index contributed by atoms with van der Waals surface area (Å²) in [5, 5.41) is 10.9. The Bertz CT molecular complexity index is 1300. The normalized spacial score (nSPS) is 11.0. The van der Waals surface area contributed by atoms with Crippen LogP contribution < -0.4 is 4.74 Å². The van der Waals surface area contributed by atoms with Crippen LogP contribution >= 0.6 is 0 Å². The maximum Gasteiger partial charge on any atom is 0.387 e. The number of hydrogen-bond donors (Lipinski definition) is 0. The van der Waals surface area contributed by atoms with Gasteiger partial charge in [0.15, 0.2) is 6.61 Å². The molecule has 9 nitrogen and oxygen atoms in total. The van der Waals surface area contributed by atoms with Crippen molar-refractivity contribution in [3.63, 3.8) is 0 Å². The number of rotatable bonds is 8. The van der Waals surface area contributed by atoms with E-state index in [0.717, 1.165) is 5.69 Å². The van der Waals surface area contributed by atoms with Gasteiger partial charge in [0.25, 0.3) is 0 Å². The monoisotopic (exact) mass is 467 g/mol. The van der Waals surface area contributed by atoms with E-state index < -0.39 is 19.2 Å². The molecule has 0 spiro atoms. The SMILES string of the molecule is Cc1cc(C(=O)COC(=O)c2ccc(-n3cnnn3)cc2)c(C)n1-c1ccc(OC(F)F)cc1. The van der Waals surface area contributed by atoms with E-state index in [4.69, 9.17) is 4.74 Å². The van der Waals surface area contributed by atoms with Crippen molar-refractivity contribution in [1.29, 1.82) is 0 Å². The third-order valence-electron chi connectivity index (χ3n) is 5.10. The Kier molecular flexibility index (Phi) is 6.44. The molecule has 0 aliphatic carbocycles. The number of carbonyl (C=O) groups is 2. The van der Waals surface area contributed by atoms with Gasteiger partial charge in [-0.2, -0.15) is 8.78 Å². The van der Waals surface area contributed by atoms with Crippen LogP contribution in [0.4, 0.5) is 8.78 Å². The number of hydrogen-bond acceptors (Lipinski definition) is 7. The van der Waals surface area contributed by atoms with Crippen LogP contribution in [0.3, 0.4) is 0 Å². The van der Waals surface area contributed by atoms with Gasteiger partial charge in [-0.3, -0.25) is 4.79 Å². The van der Waals surface area contributed by atoms with Crippen molar-refractivity contribution < 1.29 is 27.8 Å². The van der Waals surface area contributed by atoms with Gasteiger partial charge < -0.3 is 14.0 Å². The lowest BCUT2D eigenvalue weighted by atomic mass is 10.1. The smallest absolute Gasteiger partial charge is 0.387 e. The van der Waals surface area contributed by atoms with E-state index in [-0.39, 0.29) is 17.1 Å². The van der Waals surface area contributed by atoms with Crippen LogP contribution in [0.5, 0.6) is 5.75 Å². The molecule has 4 aromatic rings. The van der Waals surface area contributed by atoms with E-state index in [1.807, 2.05) is 6.92 Å². The first-order chi connectivity index (χ1) is 16.3. The molecule has 0 atom stereocenters. The fourth-order valence-electron chi connectivity index (χ4n) is 3.54. The van der Waals surface area contributed by atoms with Crippen molar-refractivity contribution in [3.8, 4) is 17.1 Å². The minimum Gasteiger partial charge on any atom is -0.454 e. The van der Waals surface area contributed by atoms with Gasteiger partial charge in [0.2, 0.25) is 5.78 Å². The molecule has 0 amide bonds. The number of aryl methyl sites for hydroxylation is 1. The van der Waals surface area contributed by atoms with Gasteiger partial charge in [-0.1, -0.05) is 0 Å². The number of nitrogens with zero attached hydrogens (tertiary/aromatic N) is 5. The van der Waals surface area contributed by atoms with Crippen LogP contribution in [-0.2, 0) is 4.74 Å². The lowest BCUT2D eigenvalue weighted by molar-refractivity contribution is -0.0498. The van der Waals surface area contributed by atoms with E-state index in [1.54, 1.807) is 54.0 Å². The predicted molar refractivity (Wildman–Crippen MR) is 116 cm³/mol. The summed E-state index contributed by atoms with van der Waals surface area (Å²) >= 11 is 0. The average molecular weight is 467 g/mol. The Morgan fingerprint density at radius 2 is 1.68 bits per heavy atom. The van der Waals surface area contributed by atoms with Crippen LogP contribution in [0.25, 0.3) is 11.4 Å². The van der Waals surface area contributed by atoms with Crippen LogP contribution in [0.1, 0.15) is 32.1 Å². The molecule has 0 bridgehead atoms. The second-order valence-corrected chi connectivity index (χ2v) is 7.29. The number of aromatic nitrogens is 5. The Morgan fingerprint density at radius 3 is 2.29 bits per heavy atom. The van der Waals surface area contributed by atoms with Crippen molar-refractivity contribution in [3.05, 3.63) is 83.4 Å². The standard InChI is InChI=1S/C23H19F2N5O4/c1-14-11-20(15(2)30(14)18-7-9-19(10-8-18)34-23(24)25)21(31)12-33-22(32)16-3-5-17(6-4-16)29-13-26-27-28-29/h3-11,13,23H,12H2,1-2H3. The quantitative estimate of drug-likeness (QED) is 0.288. The first kappa shape index (κ1) is 22.8. The number of tetrazole rings is 1. The summed E-state index contributed by atoms with van der Waals surface area (Å²) < 4.78 is 37.6. The molecule has 0 unspecified atom stereocenters. The molecule has 11 heteroatoms. The summed E-state index contributed by atoms with van der Waals surface area (Å²) in [6.45, 7) is 0.227. The molecule has 174 valence electrons. The molecule has 0 N–H and O–H groups in total. The van der Waals surface area contributed by atoms with Crippen LogP contribution in [0.2, 0.25) is 0 Å². The molecular weight excluding hydrogens is 448 g/mol. The van der Waals surface area contributed by atoms with Gasteiger partial charge in [-0.15, -0.1) is 5.10 Å². The summed E-state index contributed by atoms with van der Waals surface area (Å²) in [5.41, 5.74) is 3.41. The lowest BCUT2D eigenvalue weighted by Crippen LogP contribution is -2.15. The Balaban J connectivity index is 1.43. The third kappa shape index (κ3) is 4.82. The van der Waals surface area contributed by atoms with Crippen molar-refractivity contribution in [2.75, 3.05) is 6.61 Å². The number of halogens is 2. The molecule has 2 heterocycles. The molecule has 0 aliphatic rings. The molecule has 0 fully saturated rings. The average Bonchev–Trinajstić information content (AvgIpc) is 3.46. The minimum atomic E-state index is -2.91. The van der Waals surface area contributed by atoms with Crippen molar-refractivity contribution in [1.82, 2.24) is 24.8 Å². The summed E-state index contributed by atoms with van der Waals surface area (Å²) in [6.07, 6.45) is 1.42. The molecule has 0 aliphatic heterocycles. The lowest BCUT2D eigenvalue weighted by Gasteiger charge is -2.11. The maximum absolute atomic E-state index is 12.8. The maximum atomic E-state index is 12.8. The summed E-state index contributed by atoms with van der Waals surface area (Å²) in [4.78, 5) is 25.1. The number of benzene rings is 2. The largest absolute Gasteiger partial charge is 0.454 e. The number of carbonyl (C=O) groups excluding carboxylic acids is 2. The highest BCUT2D eigenvalue weighted by Crippen LogP contribution is 2.24. The van der Waals surface area contributed by atoms with Crippen LogP contribution in [0, 0.1) is 13.8 Å². The predicted octanol–water partition coefficient (Wildman–Crippen LogP) is 3.71. The molecular formula is C23H19F2N5O4. The molecule has 0 saturated heterocycles. The number of esters is 1. The first-order valence-electron chi connectivity index (χ1n) is 10.1. The highest BCUT2D eigenvalue weighted by atomic mass is 19.3. The van der Waals surface area contributed by atoms with Crippen molar-refractivity contribution >= 4 is 11.8 Å². The molecule has 4 rings (SSSR count). The third-order valence-corrected chi connectivity index (χ3v) is 5.10. The highest BCUT2D eigenvalue weighted by Gasteiger charge is 2.19. The Hall–Kier alpha value is -4.41. The van der Waals surface area contributed by atoms with E-state index in [2.05, 4.69) is 20.3 Å². The fourth-order valence-corrected chi connectivity index (χ4v) is 3.54. The van der Waals surface area contributed by atoms with Gasteiger partial charge >= 0.3 is 12.6 Å². The van der Waals surface area contributed by atoms with E-state index >= 15 is 0 Å². The molecule has 0 saturated carbocycles. The zero-order valence-electron chi connectivity index (χ0n) is 18.2. The van der Waals surface area contributed by atoms with E-state index in [0.29, 0.717) is 22.6 Å². The zero-order valence-corrected chi connectivity index (χ0v) is 18.2. The fraction of sp³-hybridized carbons (Fsp3) is 0.174. The second kappa shape index (κ2) is 9.61. The highest BCUT2D eigenvalue weighted by molar-refractivity contribution is 6.00. The topological polar surface area (TPSA) is 101 Å². The van der Waals surface area contributed by atoms with Gasteiger partial charge in [0.1, 0.15) is 12.1 Å². The van der Waals surface area contributed by atoms with Crippen LogP contribution in [0.15, 0.2) is 60.9 Å². The number of ether oxygens (including phenoxy) is 2. The van der Waals surface area contributed by atoms with Crippen molar-refractivity contribution in [2.45, 2.75) is 20.5 Å². The van der Waals surface area contributed by atoms with Gasteiger partial charge in [0, 0.05) is 22.6 Å². The minimum absolute atomic E-state index is 0.0374. The molecule has 34 heavy (non-hydrogen) atoms. The molecule has 2 aromatic heterocycles. The first-order valence-corrected chi connectivity index (χ1v) is 10.1. The van der Waals surface area contributed by atoms with Gasteiger partial charge in [0.05, 0.1) is 11.3 Å². The Morgan fingerprint density at radius 1 is 1.00 bits per heavy atom. The Labute approximate surface area is 192 Å². The molecule has 2 aromatic carbocycles. The second-order valence-electron chi connectivity index (χ2n) is 7.29. The number of ketones is 1. The molecule has 0 radical (unpaired) electrons. The zero-order chi connectivity index (χ0) is 24.2. The van der Waals surface area contributed by atoms with Gasteiger partial charge in [-0.25, -0.2) is 9.48 Å². The van der Waals surface area contributed by atoms with E-state index in [1.165, 1.54) is 23.1 Å².